The number of nitrogens with zero attached hydrogens (tertiary/aromatic N) is 1. The van der Waals surface area contributed by atoms with E-state index in [9.17, 15) is 34.2 Å². The monoisotopic (exact) mass is 649 g/mol. The predicted octanol–water partition coefficient (Wildman–Crippen LogP) is -2.20. The standard InChI is InChI=1S/C30H51N9O7/c1-18(2)15-20(32)25(41)39-24(17-40)28(44)36-21(11-6-7-13-31)26(42)38-23(16-19-9-4-3-5-10-19)27(43)37-22(29(45)46)12-8-14-35-30(33)34/h3-5,9-10,18,20-24,40H,6-8,11-17,31-32H2,1-2H3,(H,36,44)(H,37,43)(H,38,42)(H,39,41)(H,45,46)(H4,33,34,35)/t20-,21-,22-,23-,24-/m0/s1. The smallest absolute Gasteiger partial charge is 0.326 e. The van der Waals surface area contributed by atoms with E-state index in [4.69, 9.17) is 22.9 Å². The van der Waals surface area contributed by atoms with Crippen LogP contribution in [-0.2, 0) is 30.4 Å². The minimum Gasteiger partial charge on any atom is -0.480 e. The number of aliphatic hydroxyl groups excluding tert-OH is 1. The summed E-state index contributed by atoms with van der Waals surface area (Å²) in [5.41, 5.74) is 22.8. The Bertz CT molecular complexity index is 1150. The molecule has 0 spiro atoms. The summed E-state index contributed by atoms with van der Waals surface area (Å²) in [6, 6.07) is 2.82. The number of amides is 4. The predicted molar refractivity (Wildman–Crippen MR) is 173 cm³/mol. The van der Waals surface area contributed by atoms with Crippen LogP contribution in [0, 0.1) is 5.92 Å². The molecule has 46 heavy (non-hydrogen) atoms. The molecular weight excluding hydrogens is 598 g/mol. The van der Waals surface area contributed by atoms with Crippen LogP contribution in [0.2, 0.25) is 0 Å². The quantitative estimate of drug-likeness (QED) is 0.0365. The van der Waals surface area contributed by atoms with Gasteiger partial charge in [-0.3, -0.25) is 24.2 Å². The second-order valence-corrected chi connectivity index (χ2v) is 11.4. The minimum atomic E-state index is -1.38. The van der Waals surface area contributed by atoms with E-state index in [0.29, 0.717) is 31.4 Å². The Hall–Kier alpha value is -4.28. The van der Waals surface area contributed by atoms with Gasteiger partial charge in [0.25, 0.3) is 0 Å². The first-order valence-electron chi connectivity index (χ1n) is 15.4. The molecule has 1 aromatic carbocycles. The molecular formula is C30H51N9O7. The maximum absolute atomic E-state index is 13.6. The zero-order valence-electron chi connectivity index (χ0n) is 26.6. The molecule has 5 atom stereocenters. The van der Waals surface area contributed by atoms with E-state index in [1.165, 1.54) is 0 Å². The van der Waals surface area contributed by atoms with E-state index < -0.39 is 66.4 Å². The van der Waals surface area contributed by atoms with Crippen LogP contribution in [0.25, 0.3) is 0 Å². The van der Waals surface area contributed by atoms with Gasteiger partial charge in [-0.2, -0.15) is 0 Å². The summed E-state index contributed by atoms with van der Waals surface area (Å²) in [6.07, 6.45) is 1.79. The molecule has 0 aliphatic heterocycles. The molecule has 14 N–H and O–H groups in total. The summed E-state index contributed by atoms with van der Waals surface area (Å²) < 4.78 is 0. The summed E-state index contributed by atoms with van der Waals surface area (Å²) in [7, 11) is 0. The molecule has 1 rings (SSSR count). The normalized spacial score (nSPS) is 14.2. The number of carbonyl (C=O) groups is 5. The number of unbranched alkanes of at least 4 members (excludes halogenated alkanes) is 1. The molecule has 0 saturated carbocycles. The molecule has 258 valence electrons. The maximum Gasteiger partial charge on any atom is 0.326 e. The molecule has 0 bridgehead atoms. The van der Waals surface area contributed by atoms with Gasteiger partial charge in [-0.1, -0.05) is 44.2 Å². The van der Waals surface area contributed by atoms with Crippen LogP contribution in [-0.4, -0.2) is 95.7 Å². The minimum absolute atomic E-state index is 0.0191. The molecule has 0 fully saturated rings. The third-order valence-corrected chi connectivity index (χ3v) is 6.93. The van der Waals surface area contributed by atoms with Crippen molar-refractivity contribution in [1.29, 1.82) is 0 Å². The summed E-state index contributed by atoms with van der Waals surface area (Å²) in [6.45, 7) is 3.52. The number of carbonyl (C=O) groups excluding carboxylic acids is 4. The fraction of sp³-hybridized carbons (Fsp3) is 0.600. The molecule has 0 aliphatic carbocycles. The zero-order chi connectivity index (χ0) is 34.6. The van der Waals surface area contributed by atoms with Crippen molar-refractivity contribution >= 4 is 35.6 Å². The number of carboxylic acid groups (broad SMARTS) is 1. The Balaban J connectivity index is 3.16. The number of hydrogen-bond acceptors (Lipinski definition) is 9. The third-order valence-electron chi connectivity index (χ3n) is 6.93. The summed E-state index contributed by atoms with van der Waals surface area (Å²) in [4.78, 5) is 68.3. The SMILES string of the molecule is CC(C)C[C@H](N)C(=O)N[C@@H](CO)C(=O)N[C@@H](CCCCN)C(=O)N[C@@H](Cc1ccccc1)C(=O)N[C@@H](CCCN=C(N)N)C(=O)O. The molecule has 0 unspecified atom stereocenters. The number of hydrogen-bond donors (Lipinski definition) is 10. The number of guanidine groups is 1. The Kier molecular flexibility index (Phi) is 18.5. The van der Waals surface area contributed by atoms with E-state index in [1.807, 2.05) is 13.8 Å². The van der Waals surface area contributed by atoms with Gasteiger partial charge in [0.1, 0.15) is 24.2 Å². The number of aliphatic imine (C=N–C) groups is 1. The lowest BCUT2D eigenvalue weighted by molar-refractivity contribution is -0.142. The Morgan fingerprint density at radius 2 is 1.33 bits per heavy atom. The first kappa shape index (κ1) is 39.7. The highest BCUT2D eigenvalue weighted by Gasteiger charge is 2.31. The number of carboxylic acids is 1. The van der Waals surface area contributed by atoms with Gasteiger partial charge in [0.15, 0.2) is 5.96 Å². The van der Waals surface area contributed by atoms with Crippen LogP contribution in [0.5, 0.6) is 0 Å². The Morgan fingerprint density at radius 3 is 1.89 bits per heavy atom. The molecule has 0 aliphatic rings. The topological polar surface area (TPSA) is 290 Å². The van der Waals surface area contributed by atoms with Crippen molar-refractivity contribution in [3.63, 3.8) is 0 Å². The van der Waals surface area contributed by atoms with Crippen molar-refractivity contribution in [3.8, 4) is 0 Å². The van der Waals surface area contributed by atoms with Crippen LogP contribution >= 0.6 is 0 Å². The molecule has 16 heteroatoms. The second-order valence-electron chi connectivity index (χ2n) is 11.4. The van der Waals surface area contributed by atoms with Crippen molar-refractivity contribution in [3.05, 3.63) is 35.9 Å². The van der Waals surface area contributed by atoms with Gasteiger partial charge < -0.3 is 54.4 Å². The third kappa shape index (κ3) is 15.6. The van der Waals surface area contributed by atoms with Crippen molar-refractivity contribution in [2.45, 2.75) is 89.0 Å². The van der Waals surface area contributed by atoms with E-state index in [0.717, 1.165) is 0 Å². The fourth-order valence-electron chi connectivity index (χ4n) is 4.49. The highest BCUT2D eigenvalue weighted by atomic mass is 16.4. The van der Waals surface area contributed by atoms with E-state index >= 15 is 0 Å². The highest BCUT2D eigenvalue weighted by Crippen LogP contribution is 2.09. The lowest BCUT2D eigenvalue weighted by Gasteiger charge is -2.26. The summed E-state index contributed by atoms with van der Waals surface area (Å²) in [5.74, 6) is -4.22. The van der Waals surface area contributed by atoms with Gasteiger partial charge in [0.05, 0.1) is 12.6 Å². The van der Waals surface area contributed by atoms with Crippen LogP contribution in [0.15, 0.2) is 35.3 Å². The lowest BCUT2D eigenvalue weighted by Crippen LogP contribution is -2.59. The number of nitrogens with two attached hydrogens (primary N) is 4. The zero-order valence-corrected chi connectivity index (χ0v) is 26.6. The average molecular weight is 650 g/mol. The molecule has 0 saturated heterocycles. The second kappa shape index (κ2) is 21.5. The molecule has 4 amide bonds. The van der Waals surface area contributed by atoms with Crippen LogP contribution in [0.4, 0.5) is 0 Å². The average Bonchev–Trinajstić information content (AvgIpc) is 3.00. The van der Waals surface area contributed by atoms with E-state index in [-0.39, 0.29) is 44.1 Å². The molecule has 16 nitrogen and oxygen atoms in total. The van der Waals surface area contributed by atoms with Crippen molar-refractivity contribution in [1.82, 2.24) is 21.3 Å². The van der Waals surface area contributed by atoms with Gasteiger partial charge in [-0.25, -0.2) is 4.79 Å². The van der Waals surface area contributed by atoms with Gasteiger partial charge in [-0.15, -0.1) is 0 Å². The number of rotatable bonds is 22. The number of aliphatic hydroxyl groups is 1. The largest absolute Gasteiger partial charge is 0.480 e. The van der Waals surface area contributed by atoms with E-state index in [2.05, 4.69) is 26.3 Å². The lowest BCUT2D eigenvalue weighted by atomic mass is 10.0. The van der Waals surface area contributed by atoms with Crippen molar-refractivity contribution in [2.24, 2.45) is 33.8 Å². The van der Waals surface area contributed by atoms with Crippen LogP contribution in [0.1, 0.15) is 57.9 Å². The van der Waals surface area contributed by atoms with Crippen molar-refractivity contribution < 1.29 is 34.2 Å². The van der Waals surface area contributed by atoms with Crippen molar-refractivity contribution in [2.75, 3.05) is 19.7 Å². The fourth-order valence-corrected chi connectivity index (χ4v) is 4.49. The molecule has 0 heterocycles. The van der Waals surface area contributed by atoms with Gasteiger partial charge in [0, 0.05) is 13.0 Å². The first-order chi connectivity index (χ1) is 21.8. The first-order valence-corrected chi connectivity index (χ1v) is 15.4. The molecule has 0 aromatic heterocycles. The number of nitrogens with one attached hydrogen (secondary N) is 4. The highest BCUT2D eigenvalue weighted by molar-refractivity contribution is 5.95. The summed E-state index contributed by atoms with van der Waals surface area (Å²) >= 11 is 0. The Morgan fingerprint density at radius 1 is 0.783 bits per heavy atom. The Labute approximate surface area is 269 Å². The van der Waals surface area contributed by atoms with Gasteiger partial charge in [-0.05, 0) is 56.6 Å². The van der Waals surface area contributed by atoms with Crippen LogP contribution in [0.3, 0.4) is 0 Å². The molecule has 1 aromatic rings. The van der Waals surface area contributed by atoms with Gasteiger partial charge in [0.2, 0.25) is 23.6 Å². The molecule has 0 radical (unpaired) electrons. The van der Waals surface area contributed by atoms with Gasteiger partial charge >= 0.3 is 5.97 Å². The maximum atomic E-state index is 13.6. The number of aliphatic carboxylic acids is 1. The number of benzene rings is 1. The van der Waals surface area contributed by atoms with E-state index in [1.54, 1.807) is 30.3 Å². The van der Waals surface area contributed by atoms with Crippen LogP contribution < -0.4 is 44.2 Å². The summed E-state index contributed by atoms with van der Waals surface area (Å²) in [5, 5.41) is 29.6.